The fourth-order valence-electron chi connectivity index (χ4n) is 2.32. The summed E-state index contributed by atoms with van der Waals surface area (Å²) in [5.41, 5.74) is 2.00. The summed E-state index contributed by atoms with van der Waals surface area (Å²) in [5, 5.41) is 1.12. The second-order valence-electron chi connectivity index (χ2n) is 4.40. The minimum absolute atomic E-state index is 0.141. The molecule has 1 aliphatic heterocycles. The molecule has 1 aliphatic rings. The zero-order chi connectivity index (χ0) is 11.1. The van der Waals surface area contributed by atoms with Crippen LogP contribution in [0.5, 0.6) is 0 Å². The van der Waals surface area contributed by atoms with Crippen molar-refractivity contribution in [2.75, 3.05) is 0 Å². The number of ether oxygens (including phenoxy) is 1. The van der Waals surface area contributed by atoms with Gasteiger partial charge in [-0.25, -0.2) is 9.97 Å². The van der Waals surface area contributed by atoms with E-state index in [0.29, 0.717) is 6.10 Å². The minimum atomic E-state index is 0.141. The SMILES string of the molecule is Cc1ncnc2c1ccn2C1CCC(C)O1. The fraction of sp³-hybridized carbons (Fsp3) is 0.500. The van der Waals surface area contributed by atoms with E-state index in [1.54, 1.807) is 6.33 Å². The zero-order valence-electron chi connectivity index (χ0n) is 9.55. The van der Waals surface area contributed by atoms with E-state index >= 15 is 0 Å². The highest BCUT2D eigenvalue weighted by Gasteiger charge is 2.24. The lowest BCUT2D eigenvalue weighted by atomic mass is 10.2. The van der Waals surface area contributed by atoms with Crippen molar-refractivity contribution in [1.29, 1.82) is 0 Å². The molecule has 0 saturated carbocycles. The molecular weight excluding hydrogens is 202 g/mol. The largest absolute Gasteiger partial charge is 0.355 e. The second-order valence-corrected chi connectivity index (χ2v) is 4.40. The van der Waals surface area contributed by atoms with E-state index in [1.807, 2.05) is 6.92 Å². The Bertz CT molecular complexity index is 520. The van der Waals surface area contributed by atoms with Crippen LogP contribution >= 0.6 is 0 Å². The van der Waals surface area contributed by atoms with Crippen molar-refractivity contribution in [3.8, 4) is 0 Å². The summed E-state index contributed by atoms with van der Waals surface area (Å²) in [6, 6.07) is 2.07. The third kappa shape index (κ3) is 1.41. The molecule has 2 aromatic heterocycles. The van der Waals surface area contributed by atoms with Crippen LogP contribution in [0.1, 0.15) is 31.7 Å². The van der Waals surface area contributed by atoms with Crippen molar-refractivity contribution in [1.82, 2.24) is 14.5 Å². The molecule has 3 rings (SSSR count). The number of nitrogens with zero attached hydrogens (tertiary/aromatic N) is 3. The lowest BCUT2D eigenvalue weighted by Gasteiger charge is -2.13. The van der Waals surface area contributed by atoms with Crippen LogP contribution in [0.2, 0.25) is 0 Å². The van der Waals surface area contributed by atoms with Gasteiger partial charge in [-0.15, -0.1) is 0 Å². The lowest BCUT2D eigenvalue weighted by Crippen LogP contribution is -2.08. The average molecular weight is 217 g/mol. The first-order valence-electron chi connectivity index (χ1n) is 5.69. The van der Waals surface area contributed by atoms with Crippen LogP contribution in [0.4, 0.5) is 0 Å². The van der Waals surface area contributed by atoms with Gasteiger partial charge >= 0.3 is 0 Å². The number of fused-ring (bicyclic) bond motifs is 1. The van der Waals surface area contributed by atoms with Crippen molar-refractivity contribution in [3.63, 3.8) is 0 Å². The van der Waals surface area contributed by atoms with Crippen LogP contribution in [0.25, 0.3) is 11.0 Å². The topological polar surface area (TPSA) is 39.9 Å². The quantitative estimate of drug-likeness (QED) is 0.736. The van der Waals surface area contributed by atoms with Crippen molar-refractivity contribution in [2.45, 2.75) is 39.0 Å². The van der Waals surface area contributed by atoms with Gasteiger partial charge in [0.05, 0.1) is 11.8 Å². The molecule has 0 aliphatic carbocycles. The van der Waals surface area contributed by atoms with Gasteiger partial charge in [-0.05, 0) is 32.8 Å². The maximum absolute atomic E-state index is 5.86. The Kier molecular flexibility index (Phi) is 2.17. The summed E-state index contributed by atoms with van der Waals surface area (Å²) in [5.74, 6) is 0. The van der Waals surface area contributed by atoms with Crippen LogP contribution in [0.15, 0.2) is 18.6 Å². The van der Waals surface area contributed by atoms with Gasteiger partial charge in [-0.2, -0.15) is 0 Å². The second kappa shape index (κ2) is 3.56. The molecule has 2 atom stereocenters. The first-order chi connectivity index (χ1) is 7.75. The summed E-state index contributed by atoms with van der Waals surface area (Å²) in [6.07, 6.45) is 6.34. The summed E-state index contributed by atoms with van der Waals surface area (Å²) in [6.45, 7) is 4.12. The van der Waals surface area contributed by atoms with Crippen molar-refractivity contribution < 1.29 is 4.74 Å². The molecule has 0 bridgehead atoms. The number of hydrogen-bond donors (Lipinski definition) is 0. The molecule has 4 nitrogen and oxygen atoms in total. The van der Waals surface area contributed by atoms with Gasteiger partial charge in [0.15, 0.2) is 0 Å². The molecule has 0 aromatic carbocycles. The Morgan fingerprint density at radius 3 is 3.00 bits per heavy atom. The van der Waals surface area contributed by atoms with E-state index in [4.69, 9.17) is 4.74 Å². The molecule has 0 radical (unpaired) electrons. The van der Waals surface area contributed by atoms with Gasteiger partial charge in [-0.3, -0.25) is 0 Å². The van der Waals surface area contributed by atoms with Crippen molar-refractivity contribution in [2.24, 2.45) is 0 Å². The van der Waals surface area contributed by atoms with E-state index in [9.17, 15) is 0 Å². The van der Waals surface area contributed by atoms with Crippen LogP contribution in [-0.4, -0.2) is 20.6 Å². The van der Waals surface area contributed by atoms with E-state index in [0.717, 1.165) is 29.6 Å². The van der Waals surface area contributed by atoms with E-state index in [-0.39, 0.29) is 6.23 Å². The highest BCUT2D eigenvalue weighted by atomic mass is 16.5. The van der Waals surface area contributed by atoms with Crippen LogP contribution in [-0.2, 0) is 4.74 Å². The first-order valence-corrected chi connectivity index (χ1v) is 5.69. The molecule has 0 amide bonds. The molecule has 84 valence electrons. The van der Waals surface area contributed by atoms with Gasteiger partial charge in [0.2, 0.25) is 0 Å². The maximum Gasteiger partial charge on any atom is 0.145 e. The smallest absolute Gasteiger partial charge is 0.145 e. The Morgan fingerprint density at radius 1 is 1.38 bits per heavy atom. The third-order valence-electron chi connectivity index (χ3n) is 3.23. The minimum Gasteiger partial charge on any atom is -0.355 e. The van der Waals surface area contributed by atoms with Gasteiger partial charge in [-0.1, -0.05) is 0 Å². The van der Waals surface area contributed by atoms with Gasteiger partial charge in [0.1, 0.15) is 18.2 Å². The van der Waals surface area contributed by atoms with Crippen LogP contribution in [0.3, 0.4) is 0 Å². The van der Waals surface area contributed by atoms with Crippen LogP contribution in [0, 0.1) is 6.92 Å². The summed E-state index contributed by atoms with van der Waals surface area (Å²) < 4.78 is 7.97. The molecule has 0 spiro atoms. The Morgan fingerprint density at radius 2 is 2.25 bits per heavy atom. The highest BCUT2D eigenvalue weighted by Crippen LogP contribution is 2.30. The Labute approximate surface area is 94.3 Å². The summed E-state index contributed by atoms with van der Waals surface area (Å²) >= 11 is 0. The summed E-state index contributed by atoms with van der Waals surface area (Å²) in [4.78, 5) is 8.54. The molecular formula is C12H15N3O. The Hall–Kier alpha value is -1.42. The molecule has 3 heterocycles. The van der Waals surface area contributed by atoms with E-state index < -0.39 is 0 Å². The predicted octanol–water partition coefficient (Wildman–Crippen LogP) is 2.44. The summed E-state index contributed by atoms with van der Waals surface area (Å²) in [7, 11) is 0. The van der Waals surface area contributed by atoms with Gasteiger partial charge in [0.25, 0.3) is 0 Å². The van der Waals surface area contributed by atoms with E-state index in [2.05, 4.69) is 33.7 Å². The first kappa shape index (κ1) is 9.78. The predicted molar refractivity (Wildman–Crippen MR) is 61.1 cm³/mol. The number of hydrogen-bond acceptors (Lipinski definition) is 3. The highest BCUT2D eigenvalue weighted by molar-refractivity contribution is 5.78. The van der Waals surface area contributed by atoms with Crippen molar-refractivity contribution in [3.05, 3.63) is 24.3 Å². The molecule has 2 aromatic rings. The Balaban J connectivity index is 2.08. The molecule has 0 N–H and O–H groups in total. The van der Waals surface area contributed by atoms with E-state index in [1.165, 1.54) is 0 Å². The molecule has 4 heteroatoms. The number of aromatic nitrogens is 3. The third-order valence-corrected chi connectivity index (χ3v) is 3.23. The van der Waals surface area contributed by atoms with Crippen molar-refractivity contribution >= 4 is 11.0 Å². The molecule has 16 heavy (non-hydrogen) atoms. The molecule has 1 saturated heterocycles. The zero-order valence-corrected chi connectivity index (χ0v) is 9.55. The number of rotatable bonds is 1. The maximum atomic E-state index is 5.86. The standard InChI is InChI=1S/C12H15N3O/c1-8-3-4-11(16-8)15-6-5-10-9(2)13-7-14-12(10)15/h5-8,11H,3-4H2,1-2H3. The monoisotopic (exact) mass is 217 g/mol. The van der Waals surface area contributed by atoms with Crippen LogP contribution < -0.4 is 0 Å². The number of aryl methyl sites for hydroxylation is 1. The average Bonchev–Trinajstić information content (AvgIpc) is 2.84. The normalized spacial score (nSPS) is 25.4. The van der Waals surface area contributed by atoms with Gasteiger partial charge in [0, 0.05) is 11.6 Å². The van der Waals surface area contributed by atoms with Gasteiger partial charge < -0.3 is 9.30 Å². The molecule has 1 fully saturated rings. The fourth-order valence-corrected chi connectivity index (χ4v) is 2.32. The molecule has 2 unspecified atom stereocenters. The lowest BCUT2D eigenvalue weighted by molar-refractivity contribution is 0.0135.